The van der Waals surface area contributed by atoms with Crippen molar-refractivity contribution in [2.75, 3.05) is 7.11 Å². The topological polar surface area (TPSA) is 89.9 Å². The van der Waals surface area contributed by atoms with Crippen LogP contribution in [-0.4, -0.2) is 26.0 Å². The summed E-state index contributed by atoms with van der Waals surface area (Å²) in [6.07, 6.45) is 0.672. The zero-order valence-corrected chi connectivity index (χ0v) is 12.4. The van der Waals surface area contributed by atoms with Crippen molar-refractivity contribution >= 4 is 16.4 Å². The van der Waals surface area contributed by atoms with Crippen molar-refractivity contribution < 1.29 is 26.7 Å². The molecule has 1 aromatic carbocycles. The van der Waals surface area contributed by atoms with E-state index in [-0.39, 0.29) is 23.6 Å². The highest BCUT2D eigenvalue weighted by Crippen LogP contribution is 2.31. The van der Waals surface area contributed by atoms with E-state index in [1.807, 2.05) is 6.92 Å². The Hall–Kier alpha value is -1.60. The van der Waals surface area contributed by atoms with Crippen LogP contribution in [-0.2, 0) is 19.9 Å². The molecular formula is C13H18O6S. The Labute approximate surface area is 118 Å². The minimum absolute atomic E-state index is 0.000478. The van der Waals surface area contributed by atoms with E-state index in [1.54, 1.807) is 19.1 Å². The number of benzene rings is 1. The minimum atomic E-state index is -4.56. The molecule has 0 bridgehead atoms. The molecule has 0 aromatic heterocycles. The molecule has 6 nitrogen and oxygen atoms in total. The Morgan fingerprint density at radius 2 is 2.05 bits per heavy atom. The molecule has 0 heterocycles. The minimum Gasteiger partial charge on any atom is -0.469 e. The van der Waals surface area contributed by atoms with Gasteiger partial charge in [0.05, 0.1) is 13.0 Å². The second-order valence-corrected chi connectivity index (χ2v) is 5.43. The molecule has 112 valence electrons. The van der Waals surface area contributed by atoms with Crippen LogP contribution >= 0.6 is 0 Å². The van der Waals surface area contributed by atoms with Crippen LogP contribution in [0.1, 0.15) is 31.7 Å². The van der Waals surface area contributed by atoms with Crippen LogP contribution in [0.5, 0.6) is 5.75 Å². The zero-order chi connectivity index (χ0) is 15.3. The first kappa shape index (κ1) is 16.5. The van der Waals surface area contributed by atoms with Gasteiger partial charge in [-0.1, -0.05) is 26.0 Å². The van der Waals surface area contributed by atoms with Crippen molar-refractivity contribution in [3.05, 3.63) is 29.8 Å². The van der Waals surface area contributed by atoms with E-state index < -0.39 is 10.4 Å². The lowest BCUT2D eigenvalue weighted by atomic mass is 9.85. The number of ether oxygens (including phenoxy) is 1. The van der Waals surface area contributed by atoms with Crippen molar-refractivity contribution in [2.45, 2.75) is 26.2 Å². The largest absolute Gasteiger partial charge is 0.469 e. The summed E-state index contributed by atoms with van der Waals surface area (Å²) in [6, 6.07) is 6.27. The molecule has 0 saturated heterocycles. The maximum absolute atomic E-state index is 11.6. The molecule has 0 amide bonds. The number of carbonyl (C=O) groups is 1. The number of hydrogen-bond donors (Lipinski definition) is 1. The summed E-state index contributed by atoms with van der Waals surface area (Å²) < 4.78 is 39.2. The Kier molecular flexibility index (Phi) is 5.52. The first-order valence-corrected chi connectivity index (χ1v) is 7.49. The maximum atomic E-state index is 11.6. The van der Waals surface area contributed by atoms with Gasteiger partial charge >= 0.3 is 16.4 Å². The summed E-state index contributed by atoms with van der Waals surface area (Å²) in [5, 5.41) is 0. The molecule has 0 aliphatic heterocycles. The van der Waals surface area contributed by atoms with Gasteiger partial charge in [-0.2, -0.15) is 8.42 Å². The molecule has 0 radical (unpaired) electrons. The summed E-state index contributed by atoms with van der Waals surface area (Å²) in [6.45, 7) is 3.66. The van der Waals surface area contributed by atoms with Crippen LogP contribution in [0.4, 0.5) is 0 Å². The van der Waals surface area contributed by atoms with Gasteiger partial charge in [0.2, 0.25) is 0 Å². The Morgan fingerprint density at radius 3 is 2.55 bits per heavy atom. The lowest BCUT2D eigenvalue weighted by molar-refractivity contribution is -0.145. The van der Waals surface area contributed by atoms with Crippen molar-refractivity contribution in [1.29, 1.82) is 0 Å². The number of hydrogen-bond acceptors (Lipinski definition) is 5. The van der Waals surface area contributed by atoms with E-state index in [0.29, 0.717) is 6.42 Å². The van der Waals surface area contributed by atoms with Crippen molar-refractivity contribution in [3.63, 3.8) is 0 Å². The van der Waals surface area contributed by atoms with Crippen molar-refractivity contribution in [2.24, 2.45) is 5.92 Å². The lowest BCUT2D eigenvalue weighted by Gasteiger charge is -2.21. The first-order chi connectivity index (χ1) is 9.28. The fourth-order valence-electron chi connectivity index (χ4n) is 2.15. The van der Waals surface area contributed by atoms with Crippen molar-refractivity contribution in [1.82, 2.24) is 0 Å². The Morgan fingerprint density at radius 1 is 1.40 bits per heavy atom. The highest BCUT2D eigenvalue weighted by molar-refractivity contribution is 7.81. The SMILES string of the molecule is CCC(c1cccc(OS(=O)(=O)O)c1)C(C)C(=O)OC. The Balaban J connectivity index is 3.05. The molecule has 0 aliphatic rings. The Bertz CT molecular complexity index is 566. The lowest BCUT2D eigenvalue weighted by Crippen LogP contribution is -2.20. The van der Waals surface area contributed by atoms with E-state index in [0.717, 1.165) is 5.56 Å². The average Bonchev–Trinajstić information content (AvgIpc) is 2.37. The third kappa shape index (κ3) is 4.50. The summed E-state index contributed by atoms with van der Waals surface area (Å²) in [5.74, 6) is -0.836. The summed E-state index contributed by atoms with van der Waals surface area (Å²) in [7, 11) is -3.24. The third-order valence-corrected chi connectivity index (χ3v) is 3.51. The predicted molar refractivity (Wildman–Crippen MR) is 72.8 cm³/mol. The van der Waals surface area contributed by atoms with Gasteiger partial charge in [-0.15, -0.1) is 0 Å². The molecule has 1 rings (SSSR count). The average molecular weight is 302 g/mol. The summed E-state index contributed by atoms with van der Waals surface area (Å²) in [5.41, 5.74) is 0.742. The summed E-state index contributed by atoms with van der Waals surface area (Å²) >= 11 is 0. The number of esters is 1. The van der Waals surface area contributed by atoms with Gasteiger partial charge in [0.15, 0.2) is 0 Å². The molecule has 20 heavy (non-hydrogen) atoms. The molecule has 0 fully saturated rings. The maximum Gasteiger partial charge on any atom is 0.446 e. The van der Waals surface area contributed by atoms with Crippen LogP contribution in [0.15, 0.2) is 24.3 Å². The molecule has 7 heteroatoms. The molecule has 2 unspecified atom stereocenters. The van der Waals surface area contributed by atoms with Gasteiger partial charge < -0.3 is 8.92 Å². The van der Waals surface area contributed by atoms with Gasteiger partial charge in [0.25, 0.3) is 0 Å². The summed E-state index contributed by atoms with van der Waals surface area (Å²) in [4.78, 5) is 11.6. The normalized spacial score (nSPS) is 14.4. The van der Waals surface area contributed by atoms with Crippen molar-refractivity contribution in [3.8, 4) is 5.75 Å². The van der Waals surface area contributed by atoms with Crippen LogP contribution in [0.25, 0.3) is 0 Å². The number of methoxy groups -OCH3 is 1. The monoisotopic (exact) mass is 302 g/mol. The highest BCUT2D eigenvalue weighted by atomic mass is 32.3. The molecule has 0 spiro atoms. The van der Waals surface area contributed by atoms with Crippen LogP contribution in [0.3, 0.4) is 0 Å². The quantitative estimate of drug-likeness (QED) is 0.640. The highest BCUT2D eigenvalue weighted by Gasteiger charge is 2.25. The van der Waals surface area contributed by atoms with Gasteiger partial charge in [0.1, 0.15) is 5.75 Å². The molecular weight excluding hydrogens is 284 g/mol. The second-order valence-electron chi connectivity index (χ2n) is 4.41. The molecule has 1 aromatic rings. The zero-order valence-electron chi connectivity index (χ0n) is 11.6. The number of rotatable bonds is 6. The van der Waals surface area contributed by atoms with Crippen LogP contribution < -0.4 is 4.18 Å². The smallest absolute Gasteiger partial charge is 0.446 e. The van der Waals surface area contributed by atoms with E-state index >= 15 is 0 Å². The van der Waals surface area contributed by atoms with Gasteiger partial charge in [-0.25, -0.2) is 0 Å². The molecule has 0 aliphatic carbocycles. The van der Waals surface area contributed by atoms with Crippen LogP contribution in [0.2, 0.25) is 0 Å². The second kappa shape index (κ2) is 6.71. The molecule has 1 N–H and O–H groups in total. The van der Waals surface area contributed by atoms with Gasteiger partial charge in [-0.3, -0.25) is 9.35 Å². The first-order valence-electron chi connectivity index (χ1n) is 6.13. The van der Waals surface area contributed by atoms with Gasteiger partial charge in [0, 0.05) is 0 Å². The molecule has 0 saturated carbocycles. The third-order valence-electron chi connectivity index (χ3n) is 3.10. The fraction of sp³-hybridized carbons (Fsp3) is 0.462. The van der Waals surface area contributed by atoms with E-state index in [1.165, 1.54) is 19.2 Å². The van der Waals surface area contributed by atoms with E-state index in [4.69, 9.17) is 9.29 Å². The van der Waals surface area contributed by atoms with Crippen LogP contribution in [0, 0.1) is 5.92 Å². The van der Waals surface area contributed by atoms with E-state index in [2.05, 4.69) is 4.18 Å². The number of carbonyl (C=O) groups excluding carboxylic acids is 1. The van der Waals surface area contributed by atoms with E-state index in [9.17, 15) is 13.2 Å². The molecule has 2 atom stereocenters. The van der Waals surface area contributed by atoms with Gasteiger partial charge in [-0.05, 0) is 30.0 Å². The predicted octanol–water partition coefficient (Wildman–Crippen LogP) is 2.17. The standard InChI is InChI=1S/C13H18O6S/c1-4-12(9(2)13(14)18-3)10-6-5-7-11(8-10)19-20(15,16)17/h5-9,12H,4H2,1-3H3,(H,15,16,17). The fourth-order valence-corrected chi connectivity index (χ4v) is 2.49.